The van der Waals surface area contributed by atoms with E-state index in [4.69, 9.17) is 4.52 Å². The van der Waals surface area contributed by atoms with Crippen LogP contribution in [0.3, 0.4) is 0 Å². The number of amides is 1. The lowest BCUT2D eigenvalue weighted by atomic mass is 10.1. The van der Waals surface area contributed by atoms with Crippen LogP contribution in [0.15, 0.2) is 4.52 Å². The van der Waals surface area contributed by atoms with Gasteiger partial charge in [-0.3, -0.25) is 9.69 Å². The molecule has 3 heterocycles. The Morgan fingerprint density at radius 1 is 1.25 bits per heavy atom. The molecule has 24 heavy (non-hydrogen) atoms. The summed E-state index contributed by atoms with van der Waals surface area (Å²) in [5.74, 6) is 2.39. The molecule has 0 radical (unpaired) electrons. The third-order valence-electron chi connectivity index (χ3n) is 4.90. The van der Waals surface area contributed by atoms with E-state index < -0.39 is 6.04 Å². The molecule has 0 bridgehead atoms. The predicted octanol–water partition coefficient (Wildman–Crippen LogP) is 1.03. The number of carbonyl (C=O) groups excluding carboxylic acids is 1. The van der Waals surface area contributed by atoms with Crippen molar-refractivity contribution in [3.05, 3.63) is 28.7 Å². The van der Waals surface area contributed by atoms with E-state index in [0.717, 1.165) is 54.6 Å². The summed E-state index contributed by atoms with van der Waals surface area (Å²) in [5, 5.41) is 15.6. The van der Waals surface area contributed by atoms with Gasteiger partial charge in [0.25, 0.3) is 0 Å². The van der Waals surface area contributed by atoms with Crippen LogP contribution in [0, 0.1) is 20.8 Å². The summed E-state index contributed by atoms with van der Waals surface area (Å²) in [6.45, 7) is 7.93. The molecule has 8 heteroatoms. The molecule has 1 saturated carbocycles. The van der Waals surface area contributed by atoms with Gasteiger partial charge in [-0.25, -0.2) is 0 Å². The molecule has 1 fully saturated rings. The van der Waals surface area contributed by atoms with Gasteiger partial charge in [0.15, 0.2) is 11.9 Å². The molecule has 2 aromatic heterocycles. The van der Waals surface area contributed by atoms with Crippen LogP contribution in [-0.2, 0) is 17.9 Å². The summed E-state index contributed by atoms with van der Waals surface area (Å²) in [4.78, 5) is 15.0. The second-order valence-electron chi connectivity index (χ2n) is 6.72. The molecule has 2 aliphatic rings. The van der Waals surface area contributed by atoms with Crippen molar-refractivity contribution < 1.29 is 9.32 Å². The van der Waals surface area contributed by atoms with E-state index in [1.54, 1.807) is 0 Å². The lowest BCUT2D eigenvalue weighted by Crippen LogP contribution is -2.46. The molecule has 0 aromatic carbocycles. The number of carbonyl (C=O) groups is 1. The van der Waals surface area contributed by atoms with E-state index in [1.165, 1.54) is 0 Å². The summed E-state index contributed by atoms with van der Waals surface area (Å²) >= 11 is 0. The van der Waals surface area contributed by atoms with Crippen molar-refractivity contribution in [2.24, 2.45) is 0 Å². The largest absolute Gasteiger partial charge is 0.361 e. The average molecular weight is 330 g/mol. The summed E-state index contributed by atoms with van der Waals surface area (Å²) in [6, 6.07) is -0.105. The highest BCUT2D eigenvalue weighted by atomic mass is 16.5. The number of hydrogen-bond donors (Lipinski definition) is 1. The molecular weight excluding hydrogens is 308 g/mol. The van der Waals surface area contributed by atoms with Crippen LogP contribution in [0.1, 0.15) is 47.5 Å². The number of hydrogen-bond acceptors (Lipinski definition) is 6. The highest BCUT2D eigenvalue weighted by molar-refractivity contribution is 5.83. The number of nitrogens with zero attached hydrogens (tertiary/aromatic N) is 5. The SMILES string of the molecule is Cc1noc(C)c1CN1CCn2c(C)nnc2C1C(=O)NC1CC1. The molecule has 1 aliphatic heterocycles. The summed E-state index contributed by atoms with van der Waals surface area (Å²) in [5.41, 5.74) is 1.92. The van der Waals surface area contributed by atoms with Crippen LogP contribution in [0.5, 0.6) is 0 Å². The first kappa shape index (κ1) is 15.3. The number of fused-ring (bicyclic) bond motifs is 1. The Balaban J connectivity index is 1.65. The van der Waals surface area contributed by atoms with Crippen LogP contribution in [-0.4, -0.2) is 43.3 Å². The van der Waals surface area contributed by atoms with Crippen LogP contribution in [0.2, 0.25) is 0 Å². The third-order valence-corrected chi connectivity index (χ3v) is 4.90. The van der Waals surface area contributed by atoms with E-state index in [-0.39, 0.29) is 5.91 Å². The second kappa shape index (κ2) is 5.70. The van der Waals surface area contributed by atoms with Crippen molar-refractivity contribution >= 4 is 5.91 Å². The van der Waals surface area contributed by atoms with Crippen LogP contribution in [0.25, 0.3) is 0 Å². The molecule has 8 nitrogen and oxygen atoms in total. The lowest BCUT2D eigenvalue weighted by Gasteiger charge is -2.34. The molecule has 1 amide bonds. The van der Waals surface area contributed by atoms with Gasteiger partial charge in [-0.1, -0.05) is 5.16 Å². The normalized spacial score (nSPS) is 20.9. The Hall–Kier alpha value is -2.22. The standard InChI is InChI=1S/C16H22N6O2/c1-9-13(10(2)24-20-9)8-21-6-7-22-11(3)18-19-15(22)14(21)16(23)17-12-4-5-12/h12,14H,4-8H2,1-3H3,(H,17,23). The quantitative estimate of drug-likeness (QED) is 0.900. The first-order valence-corrected chi connectivity index (χ1v) is 8.40. The highest BCUT2D eigenvalue weighted by Gasteiger charge is 2.38. The first-order chi connectivity index (χ1) is 11.5. The van der Waals surface area contributed by atoms with Gasteiger partial charge < -0.3 is 14.4 Å². The van der Waals surface area contributed by atoms with Crippen molar-refractivity contribution in [1.29, 1.82) is 0 Å². The molecule has 1 atom stereocenters. The molecule has 2 aromatic rings. The van der Waals surface area contributed by atoms with E-state index in [1.807, 2.05) is 25.3 Å². The maximum absolute atomic E-state index is 12.9. The van der Waals surface area contributed by atoms with E-state index in [9.17, 15) is 4.79 Å². The van der Waals surface area contributed by atoms with Gasteiger partial charge in [-0.05, 0) is 33.6 Å². The maximum Gasteiger partial charge on any atom is 0.245 e. The Morgan fingerprint density at radius 2 is 2.04 bits per heavy atom. The topological polar surface area (TPSA) is 89.1 Å². The molecule has 1 N–H and O–H groups in total. The number of rotatable bonds is 4. The molecule has 1 aliphatic carbocycles. The zero-order chi connectivity index (χ0) is 16.8. The summed E-state index contributed by atoms with van der Waals surface area (Å²) < 4.78 is 7.31. The first-order valence-electron chi connectivity index (χ1n) is 8.40. The molecule has 4 rings (SSSR count). The van der Waals surface area contributed by atoms with Crippen LogP contribution >= 0.6 is 0 Å². The molecule has 0 spiro atoms. The van der Waals surface area contributed by atoms with Gasteiger partial charge in [0.1, 0.15) is 11.6 Å². The number of aromatic nitrogens is 4. The van der Waals surface area contributed by atoms with Crippen LogP contribution in [0.4, 0.5) is 0 Å². The van der Waals surface area contributed by atoms with Crippen molar-refractivity contribution in [2.75, 3.05) is 6.54 Å². The van der Waals surface area contributed by atoms with Crippen molar-refractivity contribution in [3.8, 4) is 0 Å². The number of aryl methyl sites for hydroxylation is 3. The predicted molar refractivity (Wildman–Crippen MR) is 85.1 cm³/mol. The zero-order valence-electron chi connectivity index (χ0n) is 14.2. The van der Waals surface area contributed by atoms with Gasteiger partial charge in [0.05, 0.1) is 5.69 Å². The second-order valence-corrected chi connectivity index (χ2v) is 6.72. The fourth-order valence-corrected chi connectivity index (χ4v) is 3.29. The smallest absolute Gasteiger partial charge is 0.245 e. The van der Waals surface area contributed by atoms with Gasteiger partial charge >= 0.3 is 0 Å². The van der Waals surface area contributed by atoms with Crippen molar-refractivity contribution in [2.45, 2.75) is 58.8 Å². The number of nitrogens with one attached hydrogen (secondary N) is 1. The Labute approximate surface area is 140 Å². The van der Waals surface area contributed by atoms with Gasteiger partial charge in [0, 0.05) is 31.2 Å². The average Bonchev–Trinajstić information content (AvgIpc) is 3.22. The monoisotopic (exact) mass is 330 g/mol. The van der Waals surface area contributed by atoms with Crippen molar-refractivity contribution in [3.63, 3.8) is 0 Å². The fourth-order valence-electron chi connectivity index (χ4n) is 3.29. The lowest BCUT2D eigenvalue weighted by molar-refractivity contribution is -0.128. The van der Waals surface area contributed by atoms with Gasteiger partial charge in [-0.15, -0.1) is 10.2 Å². The maximum atomic E-state index is 12.9. The van der Waals surface area contributed by atoms with E-state index in [2.05, 4.69) is 25.6 Å². The van der Waals surface area contributed by atoms with Gasteiger partial charge in [0.2, 0.25) is 5.91 Å². The zero-order valence-corrected chi connectivity index (χ0v) is 14.2. The summed E-state index contributed by atoms with van der Waals surface area (Å²) in [7, 11) is 0. The molecule has 1 unspecified atom stereocenters. The highest BCUT2D eigenvalue weighted by Crippen LogP contribution is 2.29. The van der Waals surface area contributed by atoms with E-state index >= 15 is 0 Å². The van der Waals surface area contributed by atoms with Crippen molar-refractivity contribution in [1.82, 2.24) is 30.1 Å². The van der Waals surface area contributed by atoms with E-state index in [0.29, 0.717) is 12.6 Å². The summed E-state index contributed by atoms with van der Waals surface area (Å²) in [6.07, 6.45) is 2.13. The third kappa shape index (κ3) is 2.60. The van der Waals surface area contributed by atoms with Gasteiger partial charge in [-0.2, -0.15) is 0 Å². The Morgan fingerprint density at radius 3 is 2.71 bits per heavy atom. The van der Waals surface area contributed by atoms with Crippen LogP contribution < -0.4 is 5.32 Å². The Kier molecular flexibility index (Phi) is 3.64. The fraction of sp³-hybridized carbons (Fsp3) is 0.625. The molecule has 128 valence electrons. The molecule has 0 saturated heterocycles. The minimum absolute atomic E-state index is 0.0117. The minimum atomic E-state index is -0.422. The Bertz CT molecular complexity index is 756. The minimum Gasteiger partial charge on any atom is -0.361 e. The molecular formula is C16H22N6O2.